The lowest BCUT2D eigenvalue weighted by atomic mass is 9.92. The van der Waals surface area contributed by atoms with E-state index in [-0.39, 0.29) is 24.3 Å². The second-order valence-corrected chi connectivity index (χ2v) is 4.37. The van der Waals surface area contributed by atoms with Gasteiger partial charge in [0, 0.05) is 6.54 Å². The molecule has 1 heterocycles. The summed E-state index contributed by atoms with van der Waals surface area (Å²) >= 11 is 0. The quantitative estimate of drug-likeness (QED) is 0.820. The molecule has 0 bridgehead atoms. The first-order chi connectivity index (χ1) is 9.21. The number of benzene rings is 1. The van der Waals surface area contributed by atoms with Crippen molar-refractivity contribution in [1.29, 1.82) is 0 Å². The number of fused-ring (bicyclic) bond motifs is 1. The van der Waals surface area contributed by atoms with Crippen LogP contribution in [-0.2, 0) is 16.0 Å². The lowest BCUT2D eigenvalue weighted by Gasteiger charge is -2.35. The minimum atomic E-state index is -5.12. The fourth-order valence-electron chi connectivity index (χ4n) is 2.26. The first-order valence-electron chi connectivity index (χ1n) is 5.64. The van der Waals surface area contributed by atoms with Crippen LogP contribution in [0.25, 0.3) is 0 Å². The van der Waals surface area contributed by atoms with Crippen molar-refractivity contribution in [3.8, 4) is 5.75 Å². The summed E-state index contributed by atoms with van der Waals surface area (Å²) < 4.78 is 37.5. The molecule has 5 nitrogen and oxygen atoms in total. The molecule has 0 saturated carbocycles. The number of rotatable bonds is 1. The summed E-state index contributed by atoms with van der Waals surface area (Å²) in [6, 6.07) is 1.99. The maximum absolute atomic E-state index is 12.5. The molecule has 108 valence electrons. The molecule has 1 amide bonds. The normalized spacial score (nSPS) is 18.6. The van der Waals surface area contributed by atoms with Crippen LogP contribution in [0.4, 0.5) is 13.2 Å². The molecule has 2 N–H and O–H groups in total. The Morgan fingerprint density at radius 3 is 2.50 bits per heavy atom. The number of carboxylic acid groups (broad SMARTS) is 1. The molecule has 1 aliphatic rings. The van der Waals surface area contributed by atoms with Crippen LogP contribution in [0.15, 0.2) is 18.2 Å². The number of aliphatic carboxylic acids is 1. The molecular formula is C12H10F3NO4. The zero-order chi connectivity index (χ0) is 15.1. The van der Waals surface area contributed by atoms with Gasteiger partial charge < -0.3 is 15.1 Å². The zero-order valence-electron chi connectivity index (χ0n) is 10.0. The molecule has 8 heteroatoms. The molecule has 1 aliphatic heterocycles. The standard InChI is InChI=1S/C12H10F3NO4/c13-12(14,15)11(20)16-4-3-6-5-7(17)1-2-8(6)9(16)10(18)19/h1-2,5,9,17H,3-4H2,(H,18,19). The number of aromatic hydroxyl groups is 1. The van der Waals surface area contributed by atoms with E-state index in [1.807, 2.05) is 0 Å². The van der Waals surface area contributed by atoms with Crippen LogP contribution < -0.4 is 0 Å². The van der Waals surface area contributed by atoms with E-state index in [1.54, 1.807) is 0 Å². The van der Waals surface area contributed by atoms with Crippen molar-refractivity contribution >= 4 is 11.9 Å². The van der Waals surface area contributed by atoms with Crippen LogP contribution in [-0.4, -0.2) is 39.7 Å². The Labute approximate surface area is 111 Å². The highest BCUT2D eigenvalue weighted by molar-refractivity contribution is 5.88. The van der Waals surface area contributed by atoms with Crippen molar-refractivity contribution in [2.45, 2.75) is 18.6 Å². The SMILES string of the molecule is O=C(O)C1c2ccc(O)cc2CCN1C(=O)C(F)(F)F. The Kier molecular flexibility index (Phi) is 3.33. The molecular weight excluding hydrogens is 279 g/mol. The van der Waals surface area contributed by atoms with Gasteiger partial charge in [-0.3, -0.25) is 4.79 Å². The van der Waals surface area contributed by atoms with E-state index >= 15 is 0 Å². The maximum Gasteiger partial charge on any atom is 0.471 e. The van der Waals surface area contributed by atoms with Crippen LogP contribution in [0.3, 0.4) is 0 Å². The lowest BCUT2D eigenvalue weighted by molar-refractivity contribution is -0.190. The fourth-order valence-corrected chi connectivity index (χ4v) is 2.26. The first kappa shape index (κ1) is 14.2. The van der Waals surface area contributed by atoms with Gasteiger partial charge in [0.25, 0.3) is 0 Å². The van der Waals surface area contributed by atoms with Gasteiger partial charge in [-0.15, -0.1) is 0 Å². The maximum atomic E-state index is 12.5. The molecule has 20 heavy (non-hydrogen) atoms. The summed E-state index contributed by atoms with van der Waals surface area (Å²) in [5, 5.41) is 18.4. The van der Waals surface area contributed by atoms with Crippen molar-refractivity contribution in [3.05, 3.63) is 29.3 Å². The van der Waals surface area contributed by atoms with Crippen LogP contribution in [0.5, 0.6) is 5.75 Å². The van der Waals surface area contributed by atoms with E-state index in [1.165, 1.54) is 18.2 Å². The average molecular weight is 289 g/mol. The van der Waals surface area contributed by atoms with Crippen molar-refractivity contribution < 1.29 is 33.0 Å². The monoisotopic (exact) mass is 289 g/mol. The third-order valence-electron chi connectivity index (χ3n) is 3.09. The molecule has 1 aromatic rings. The van der Waals surface area contributed by atoms with E-state index in [0.29, 0.717) is 10.5 Å². The smallest absolute Gasteiger partial charge is 0.471 e. The predicted octanol–water partition coefficient (Wildman–Crippen LogP) is 1.46. The summed E-state index contributed by atoms with van der Waals surface area (Å²) in [6.45, 7) is -0.369. The number of amides is 1. The van der Waals surface area contributed by atoms with Crippen LogP contribution >= 0.6 is 0 Å². The van der Waals surface area contributed by atoms with E-state index in [2.05, 4.69) is 0 Å². The fraction of sp³-hybridized carbons (Fsp3) is 0.333. The zero-order valence-corrected chi connectivity index (χ0v) is 10.0. The number of hydrogen-bond donors (Lipinski definition) is 2. The third kappa shape index (κ3) is 2.40. The number of carbonyl (C=O) groups excluding carboxylic acids is 1. The largest absolute Gasteiger partial charge is 0.508 e. The Bertz CT molecular complexity index is 570. The highest BCUT2D eigenvalue weighted by Gasteiger charge is 2.48. The summed E-state index contributed by atoms with van der Waals surface area (Å²) in [5.41, 5.74) is 0.503. The molecule has 1 atom stereocenters. The molecule has 0 fully saturated rings. The predicted molar refractivity (Wildman–Crippen MR) is 60.0 cm³/mol. The number of phenols is 1. The Morgan fingerprint density at radius 2 is 1.95 bits per heavy atom. The summed E-state index contributed by atoms with van der Waals surface area (Å²) in [7, 11) is 0. The molecule has 0 aliphatic carbocycles. The number of carbonyl (C=O) groups is 2. The van der Waals surface area contributed by atoms with Gasteiger partial charge >= 0.3 is 18.1 Å². The van der Waals surface area contributed by atoms with Crippen LogP contribution in [0.2, 0.25) is 0 Å². The van der Waals surface area contributed by atoms with Crippen molar-refractivity contribution in [3.63, 3.8) is 0 Å². The Balaban J connectivity index is 2.46. The van der Waals surface area contributed by atoms with Gasteiger partial charge in [-0.2, -0.15) is 13.2 Å². The molecule has 0 aromatic heterocycles. The van der Waals surface area contributed by atoms with Gasteiger partial charge in [0.05, 0.1) is 0 Å². The summed E-state index contributed by atoms with van der Waals surface area (Å²) in [6.07, 6.45) is -5.07. The molecule has 0 radical (unpaired) electrons. The highest BCUT2D eigenvalue weighted by Crippen LogP contribution is 2.34. The average Bonchev–Trinajstić information content (AvgIpc) is 2.34. The van der Waals surface area contributed by atoms with E-state index < -0.39 is 24.1 Å². The van der Waals surface area contributed by atoms with E-state index in [0.717, 1.165) is 0 Å². The molecule has 0 saturated heterocycles. The first-order valence-corrected chi connectivity index (χ1v) is 5.64. The molecule has 1 unspecified atom stereocenters. The minimum Gasteiger partial charge on any atom is -0.508 e. The van der Waals surface area contributed by atoms with Gasteiger partial charge in [-0.25, -0.2) is 4.79 Å². The number of halogens is 3. The number of phenolic OH excluding ortho intramolecular Hbond substituents is 1. The number of carboxylic acids is 1. The third-order valence-corrected chi connectivity index (χ3v) is 3.09. The second kappa shape index (κ2) is 4.69. The topological polar surface area (TPSA) is 77.8 Å². The number of hydrogen-bond acceptors (Lipinski definition) is 3. The van der Waals surface area contributed by atoms with Gasteiger partial charge in [-0.1, -0.05) is 6.07 Å². The van der Waals surface area contributed by atoms with E-state index in [4.69, 9.17) is 5.11 Å². The number of nitrogens with zero attached hydrogens (tertiary/aromatic N) is 1. The van der Waals surface area contributed by atoms with Crippen LogP contribution in [0, 0.1) is 0 Å². The summed E-state index contributed by atoms with van der Waals surface area (Å²) in [5.74, 6) is -3.83. The lowest BCUT2D eigenvalue weighted by Crippen LogP contribution is -2.48. The number of alkyl halides is 3. The van der Waals surface area contributed by atoms with Crippen molar-refractivity contribution in [1.82, 2.24) is 4.90 Å². The Hall–Kier alpha value is -2.25. The van der Waals surface area contributed by atoms with E-state index in [9.17, 15) is 27.9 Å². The molecule has 0 spiro atoms. The minimum absolute atomic E-state index is 0.0509. The van der Waals surface area contributed by atoms with Gasteiger partial charge in [0.1, 0.15) is 5.75 Å². The highest BCUT2D eigenvalue weighted by atomic mass is 19.4. The van der Waals surface area contributed by atoms with Crippen molar-refractivity contribution in [2.75, 3.05) is 6.54 Å². The van der Waals surface area contributed by atoms with Gasteiger partial charge in [-0.05, 0) is 29.7 Å². The van der Waals surface area contributed by atoms with Gasteiger partial charge in [0.15, 0.2) is 6.04 Å². The van der Waals surface area contributed by atoms with Crippen LogP contribution in [0.1, 0.15) is 17.2 Å². The molecule has 1 aromatic carbocycles. The second-order valence-electron chi connectivity index (χ2n) is 4.37. The molecule has 2 rings (SSSR count). The summed E-state index contributed by atoms with van der Waals surface area (Å²) in [4.78, 5) is 22.8. The Morgan fingerprint density at radius 1 is 1.30 bits per heavy atom. The van der Waals surface area contributed by atoms with Crippen molar-refractivity contribution in [2.24, 2.45) is 0 Å². The van der Waals surface area contributed by atoms with Gasteiger partial charge in [0.2, 0.25) is 0 Å².